The van der Waals surface area contributed by atoms with Crippen molar-refractivity contribution in [2.24, 2.45) is 5.92 Å². The molecule has 5 rings (SSSR count). The van der Waals surface area contributed by atoms with Crippen molar-refractivity contribution in [2.45, 2.75) is 82.4 Å². The molecule has 1 amide bonds. The molecule has 1 saturated carbocycles. The Hall–Kier alpha value is -2.32. The van der Waals surface area contributed by atoms with E-state index in [0.29, 0.717) is 59.3 Å². The van der Waals surface area contributed by atoms with Gasteiger partial charge in [0.15, 0.2) is 0 Å². The maximum atomic E-state index is 16.0. The van der Waals surface area contributed by atoms with Crippen molar-refractivity contribution in [3.05, 3.63) is 55.7 Å². The maximum Gasteiger partial charge on any atom is 0.254 e. The summed E-state index contributed by atoms with van der Waals surface area (Å²) in [6, 6.07) is 2.52. The van der Waals surface area contributed by atoms with E-state index in [2.05, 4.69) is 30.9 Å². The Morgan fingerprint density at radius 1 is 1.19 bits per heavy atom. The van der Waals surface area contributed by atoms with Crippen molar-refractivity contribution in [3.8, 4) is 5.75 Å². The number of aryl methyl sites for hydroxylation is 1. The largest absolute Gasteiger partial charge is 0.486 e. The number of aromatic nitrogens is 1. The second-order valence-electron chi connectivity index (χ2n) is 11.5. The van der Waals surface area contributed by atoms with Gasteiger partial charge in [0.05, 0.1) is 17.7 Å². The molecular formula is C29H38FN3O3S. The fraction of sp³-hybridized carbons (Fsp3) is 0.586. The van der Waals surface area contributed by atoms with Crippen molar-refractivity contribution in [1.82, 2.24) is 14.8 Å². The number of benzene rings is 1. The van der Waals surface area contributed by atoms with Crippen LogP contribution in [0, 0.1) is 25.6 Å². The predicted molar refractivity (Wildman–Crippen MR) is 145 cm³/mol. The topological polar surface area (TPSA) is 65.6 Å². The highest BCUT2D eigenvalue weighted by Crippen LogP contribution is 2.49. The highest BCUT2D eigenvalue weighted by molar-refractivity contribution is 7.98. The molecule has 200 valence electrons. The molecule has 6 nitrogen and oxygen atoms in total. The normalized spacial score (nSPS) is 25.3. The molecule has 2 aromatic rings. The minimum atomic E-state index is -0.458. The van der Waals surface area contributed by atoms with Gasteiger partial charge in [-0.3, -0.25) is 9.59 Å². The lowest BCUT2D eigenvalue weighted by Crippen LogP contribution is -2.44. The van der Waals surface area contributed by atoms with Gasteiger partial charge in [-0.2, -0.15) is 0 Å². The Morgan fingerprint density at radius 2 is 1.89 bits per heavy atom. The smallest absolute Gasteiger partial charge is 0.254 e. The van der Waals surface area contributed by atoms with E-state index < -0.39 is 5.60 Å². The average Bonchev–Trinajstić information content (AvgIpc) is 3.24. The highest BCUT2D eigenvalue weighted by Gasteiger charge is 2.47. The number of fused-ring (bicyclic) bond motifs is 2. The highest BCUT2D eigenvalue weighted by atomic mass is 32.2. The van der Waals surface area contributed by atoms with Gasteiger partial charge >= 0.3 is 0 Å². The number of ether oxygens (including phenoxy) is 1. The standard InChI is InChI=1S/C29H38FN3O3S/c1-16-13-23(37-6)22(27(34)31-16)15-33-12-11-20-24(28(33)35)17(2)26-21(25(20)30)14-29(3,36-26)18-7-9-19(10-8-18)32(4)5/h13,18-19H,7-12,14-15H2,1-6H3,(H,31,34)/t18?,19?,29-/m1/s1. The molecule has 0 radical (unpaired) electrons. The molecule has 0 saturated heterocycles. The van der Waals surface area contributed by atoms with Crippen molar-refractivity contribution in [1.29, 1.82) is 0 Å². The molecule has 1 fully saturated rings. The molecule has 3 aliphatic rings. The summed E-state index contributed by atoms with van der Waals surface area (Å²) in [5, 5.41) is 0. The lowest BCUT2D eigenvalue weighted by atomic mass is 9.74. The first-order valence-electron chi connectivity index (χ1n) is 13.3. The number of rotatable bonds is 5. The molecule has 1 aromatic heterocycles. The molecule has 1 atom stereocenters. The van der Waals surface area contributed by atoms with Crippen LogP contribution in [0.15, 0.2) is 15.8 Å². The molecule has 8 heteroatoms. The zero-order valence-electron chi connectivity index (χ0n) is 22.8. The van der Waals surface area contributed by atoms with Crippen LogP contribution in [0.25, 0.3) is 0 Å². The number of carbonyl (C=O) groups is 1. The number of aromatic amines is 1. The van der Waals surface area contributed by atoms with Gasteiger partial charge in [0.1, 0.15) is 17.2 Å². The number of halogens is 1. The molecule has 1 aromatic carbocycles. The van der Waals surface area contributed by atoms with Crippen LogP contribution in [0.1, 0.15) is 70.9 Å². The van der Waals surface area contributed by atoms with E-state index >= 15 is 4.39 Å². The summed E-state index contributed by atoms with van der Waals surface area (Å²) in [7, 11) is 4.27. The van der Waals surface area contributed by atoms with Gasteiger partial charge in [-0.1, -0.05) is 0 Å². The van der Waals surface area contributed by atoms with Crippen LogP contribution in [0.3, 0.4) is 0 Å². The van der Waals surface area contributed by atoms with E-state index in [-0.39, 0.29) is 23.8 Å². The summed E-state index contributed by atoms with van der Waals surface area (Å²) in [5.74, 6) is 0.419. The number of amides is 1. The number of hydrogen-bond donors (Lipinski definition) is 1. The minimum absolute atomic E-state index is 0.178. The summed E-state index contributed by atoms with van der Waals surface area (Å²) in [6.45, 7) is 6.44. The Morgan fingerprint density at radius 3 is 2.54 bits per heavy atom. The molecule has 3 heterocycles. The van der Waals surface area contributed by atoms with Crippen LogP contribution < -0.4 is 10.3 Å². The fourth-order valence-corrected chi connectivity index (χ4v) is 7.39. The van der Waals surface area contributed by atoms with Crippen molar-refractivity contribution in [2.75, 3.05) is 26.9 Å². The molecule has 2 aliphatic heterocycles. The number of nitrogens with zero attached hydrogens (tertiary/aromatic N) is 2. The Balaban J connectivity index is 1.43. The number of pyridine rings is 1. The third kappa shape index (κ3) is 4.50. The predicted octanol–water partition coefficient (Wildman–Crippen LogP) is 4.87. The summed E-state index contributed by atoms with van der Waals surface area (Å²) >= 11 is 1.50. The van der Waals surface area contributed by atoms with Crippen LogP contribution in [-0.4, -0.2) is 59.2 Å². The zero-order valence-corrected chi connectivity index (χ0v) is 23.6. The summed E-state index contributed by atoms with van der Waals surface area (Å²) < 4.78 is 22.5. The van der Waals surface area contributed by atoms with Crippen molar-refractivity contribution >= 4 is 17.7 Å². The molecular weight excluding hydrogens is 489 g/mol. The van der Waals surface area contributed by atoms with Gasteiger partial charge in [-0.05, 0) is 85.2 Å². The van der Waals surface area contributed by atoms with Gasteiger partial charge in [0.25, 0.3) is 11.5 Å². The second kappa shape index (κ2) is 9.77. The van der Waals surface area contributed by atoms with E-state index in [1.165, 1.54) is 11.8 Å². The van der Waals surface area contributed by atoms with Crippen molar-refractivity contribution < 1.29 is 13.9 Å². The summed E-state index contributed by atoms with van der Waals surface area (Å²) in [5.41, 5.74) is 3.01. The monoisotopic (exact) mass is 527 g/mol. The molecule has 0 unspecified atom stereocenters. The first kappa shape index (κ1) is 26.3. The molecule has 37 heavy (non-hydrogen) atoms. The van der Waals surface area contributed by atoms with Gasteiger partial charge < -0.3 is 19.5 Å². The fourth-order valence-electron chi connectivity index (χ4n) is 6.70. The maximum absolute atomic E-state index is 16.0. The summed E-state index contributed by atoms with van der Waals surface area (Å²) in [4.78, 5) is 34.1. The molecule has 0 bridgehead atoms. The lowest BCUT2D eigenvalue weighted by Gasteiger charge is -2.40. The van der Waals surface area contributed by atoms with Gasteiger partial charge in [-0.15, -0.1) is 11.8 Å². The van der Waals surface area contributed by atoms with Crippen LogP contribution in [0.4, 0.5) is 4.39 Å². The van der Waals surface area contributed by atoms with E-state index in [1.807, 2.05) is 26.2 Å². The number of nitrogens with one attached hydrogen (secondary N) is 1. The molecule has 1 N–H and O–H groups in total. The van der Waals surface area contributed by atoms with E-state index in [9.17, 15) is 9.59 Å². The number of thioether (sulfide) groups is 1. The van der Waals surface area contributed by atoms with Gasteiger partial charge in [0.2, 0.25) is 0 Å². The minimum Gasteiger partial charge on any atom is -0.486 e. The SMILES string of the molecule is CSc1cc(C)[nH]c(=O)c1CN1CCc2c(F)c3c(c(C)c2C1=O)O[C@@](C)(C1CCC(N(C)C)CC1)C3. The van der Waals surface area contributed by atoms with E-state index in [0.717, 1.165) is 41.8 Å². The first-order valence-corrected chi connectivity index (χ1v) is 14.5. The van der Waals surface area contributed by atoms with E-state index in [1.54, 1.807) is 4.90 Å². The summed E-state index contributed by atoms with van der Waals surface area (Å²) in [6.07, 6.45) is 7.27. The average molecular weight is 528 g/mol. The Labute approximate surface area is 223 Å². The van der Waals surface area contributed by atoms with Gasteiger partial charge in [-0.25, -0.2) is 4.39 Å². The second-order valence-corrected chi connectivity index (χ2v) is 12.3. The van der Waals surface area contributed by atoms with Crippen LogP contribution in [0.5, 0.6) is 5.75 Å². The third-order valence-corrected chi connectivity index (χ3v) is 9.71. The Bertz CT molecular complexity index is 1300. The van der Waals surface area contributed by atoms with Crippen LogP contribution in [0.2, 0.25) is 0 Å². The van der Waals surface area contributed by atoms with Gasteiger partial charge in [0, 0.05) is 46.3 Å². The molecule has 1 aliphatic carbocycles. The van der Waals surface area contributed by atoms with Crippen LogP contribution >= 0.6 is 11.8 Å². The Kier molecular flexibility index (Phi) is 6.94. The van der Waals surface area contributed by atoms with Crippen molar-refractivity contribution in [3.63, 3.8) is 0 Å². The molecule has 0 spiro atoms. The van der Waals surface area contributed by atoms with E-state index in [4.69, 9.17) is 4.74 Å². The van der Waals surface area contributed by atoms with Crippen LogP contribution in [-0.2, 0) is 19.4 Å². The lowest BCUT2D eigenvalue weighted by molar-refractivity contribution is 0.0157. The number of H-pyrrole nitrogens is 1. The third-order valence-electron chi connectivity index (χ3n) is 8.91. The first-order chi connectivity index (χ1) is 17.5. The number of hydrogen-bond acceptors (Lipinski definition) is 5. The number of carbonyl (C=O) groups excluding carboxylic acids is 1. The quantitative estimate of drug-likeness (QED) is 0.563. The zero-order chi connectivity index (χ0) is 26.6.